The molecule has 0 atom stereocenters. The Morgan fingerprint density at radius 3 is 0.710 bits per heavy atom. The molecule has 2 N–H and O–H groups in total. The van der Waals surface area contributed by atoms with Crippen molar-refractivity contribution in [2.75, 3.05) is 26.4 Å². The van der Waals surface area contributed by atoms with Gasteiger partial charge in [0, 0.05) is 0 Å². The maximum atomic E-state index is 6.77. The number of unbranched alkanes of at least 4 members (excludes halogenated alkanes) is 4. The summed E-state index contributed by atoms with van der Waals surface area (Å²) in [6.45, 7) is 20.2. The Hall–Kier alpha value is -7.60. The van der Waals surface area contributed by atoms with Crippen LogP contribution >= 0.6 is 0 Å². The Morgan fingerprint density at radius 2 is 0.510 bits per heavy atom. The molecule has 2 aliphatic rings. The van der Waals surface area contributed by atoms with Crippen molar-refractivity contribution >= 4 is 122 Å². The van der Waals surface area contributed by atoms with Gasteiger partial charge in [-0.05, 0) is 0 Å². The van der Waals surface area contributed by atoms with Crippen LogP contribution in [-0.4, -0.2) is 126 Å². The Labute approximate surface area is 614 Å². The summed E-state index contributed by atoms with van der Waals surface area (Å²) in [4.78, 5) is 43.0. The van der Waals surface area contributed by atoms with Crippen LogP contribution in [0, 0.1) is 0 Å². The molecule has 514 valence electrons. The van der Waals surface area contributed by atoms with Crippen LogP contribution in [-0.2, 0) is 47.0 Å². The number of fused-ring (bicyclic) bond motifs is 20. The Balaban J connectivity index is 1.18. The summed E-state index contributed by atoms with van der Waals surface area (Å²) in [7, 11) is 0. The first-order valence-corrected chi connectivity index (χ1v) is 44.3. The number of hydrogen-bond donors (Lipinski definition) is 2. The van der Waals surface area contributed by atoms with Gasteiger partial charge in [0.25, 0.3) is 0 Å². The van der Waals surface area contributed by atoms with Crippen molar-refractivity contribution < 1.29 is 18.9 Å². The van der Waals surface area contributed by atoms with E-state index in [1.807, 2.05) is 0 Å². The number of aromatic nitrogens is 8. The third-order valence-electron chi connectivity index (χ3n) is 18.4. The summed E-state index contributed by atoms with van der Waals surface area (Å²) in [5.41, 5.74) is 17.2. The second-order valence-electron chi connectivity index (χ2n) is 25.3. The van der Waals surface area contributed by atoms with Gasteiger partial charge < -0.3 is 0 Å². The third kappa shape index (κ3) is 15.4. The van der Waals surface area contributed by atoms with Gasteiger partial charge >= 0.3 is 566 Å². The van der Waals surface area contributed by atoms with Crippen molar-refractivity contribution in [1.29, 1.82) is 0 Å². The third-order valence-corrected chi connectivity index (χ3v) is 29.9. The predicted octanol–water partition coefficient (Wildman–Crippen LogP) is 16.0. The number of nitrogens with one attached hydrogen (secondary N) is 2. The van der Waals surface area contributed by atoms with Gasteiger partial charge in [0.1, 0.15) is 0 Å². The summed E-state index contributed by atoms with van der Waals surface area (Å²) >= 11 is 0.262. The number of nitrogens with zero attached hydrogens (tertiary/aromatic N) is 6. The van der Waals surface area contributed by atoms with E-state index in [-0.39, 0.29) is 59.8 Å². The van der Waals surface area contributed by atoms with Crippen LogP contribution < -0.4 is 36.8 Å². The average Bonchev–Trinajstić information content (AvgIpc) is 1.55. The van der Waals surface area contributed by atoms with Crippen LogP contribution in [0.4, 0.5) is 0 Å². The molecule has 0 aliphatic carbocycles. The van der Waals surface area contributed by atoms with E-state index in [0.717, 1.165) is 142 Å². The van der Waals surface area contributed by atoms with E-state index in [1.54, 1.807) is 0 Å². The van der Waals surface area contributed by atoms with Crippen LogP contribution in [0.1, 0.15) is 151 Å². The molecular weight excluding hydrogens is 1500 g/mol. The van der Waals surface area contributed by atoms with E-state index in [4.69, 9.17) is 48.9 Å². The summed E-state index contributed by atoms with van der Waals surface area (Å²) in [6, 6.07) is 52.5. The number of rotatable bonds is 32. The molecule has 0 unspecified atom stereocenters. The van der Waals surface area contributed by atoms with Crippen LogP contribution in [0.15, 0.2) is 146 Å². The topological polar surface area (TPSA) is 146 Å². The summed E-state index contributed by atoms with van der Waals surface area (Å²) in [5, 5.41) is 7.26. The van der Waals surface area contributed by atoms with Gasteiger partial charge in [-0.1, -0.05) is 53.4 Å². The quantitative estimate of drug-likeness (QED) is 0.0309. The van der Waals surface area contributed by atoms with Crippen molar-refractivity contribution in [2.45, 2.75) is 154 Å². The molecule has 0 amide bonds. The fourth-order valence-corrected chi connectivity index (χ4v) is 25.6. The molecule has 13 rings (SSSR count). The number of ether oxygens (including phenoxy) is 4. The van der Waals surface area contributed by atoms with Crippen molar-refractivity contribution in [3.8, 4) is 68.5 Å². The fourth-order valence-electron chi connectivity index (χ4n) is 13.2. The number of H-pyrrole nitrogens is 2. The normalized spacial score (nSPS) is 11.8. The van der Waals surface area contributed by atoms with Crippen molar-refractivity contribution in [3.63, 3.8) is 0 Å². The first-order valence-electron chi connectivity index (χ1n) is 36.1. The van der Waals surface area contributed by atoms with E-state index in [1.165, 1.54) is 62.4 Å². The van der Waals surface area contributed by atoms with Crippen LogP contribution in [0.25, 0.3) is 89.7 Å². The van der Waals surface area contributed by atoms with E-state index in [9.17, 15) is 0 Å². The van der Waals surface area contributed by atoms with Crippen LogP contribution in [0.3, 0.4) is 0 Å². The van der Waals surface area contributed by atoms with E-state index < -0.39 is 0 Å². The monoisotopic (exact) mass is 1590 g/mol. The molecule has 2 aliphatic heterocycles. The molecule has 100 heavy (non-hydrogen) atoms. The Kier molecular flexibility index (Phi) is 24.0. The SMILES string of the molecule is CCCCOc1cc2c3nc4nc(nc5[nH]c(nc6nc(nc([nH]3)c2cc1OCCCC)-c1c(CC)c([Se]Cc2ccccc2)c([Se]Cc2ccccc2)c(CC)c1-6)c1cc(OCCCC)c(OCCCC)cc51)-c1c(CC)c([Se]Cc2ccccc2)c([Se]Cc2ccccc2)c(CC)c1-4. The molecule has 5 heterocycles. The molecule has 0 spiro atoms. The molecule has 16 heteroatoms. The van der Waals surface area contributed by atoms with Crippen molar-refractivity contribution in [3.05, 3.63) is 190 Å². The molecule has 8 bridgehead atoms. The Morgan fingerprint density at radius 1 is 0.290 bits per heavy atom. The van der Waals surface area contributed by atoms with Crippen LogP contribution in [0.5, 0.6) is 23.0 Å². The second-order valence-corrected chi connectivity index (χ2v) is 33.6. The number of benzene rings is 8. The van der Waals surface area contributed by atoms with E-state index >= 15 is 0 Å². The number of hydrogen-bond acceptors (Lipinski definition) is 10. The zero-order valence-electron chi connectivity index (χ0n) is 58.9. The van der Waals surface area contributed by atoms with Gasteiger partial charge in [0.05, 0.1) is 0 Å². The first-order chi connectivity index (χ1) is 49.3. The summed E-state index contributed by atoms with van der Waals surface area (Å²) < 4.78 is 32.9. The van der Waals surface area contributed by atoms with Crippen molar-refractivity contribution in [1.82, 2.24) is 39.9 Å². The number of aromatic amines is 2. The molecular formula is C84H90N8O4Se4. The van der Waals surface area contributed by atoms with Crippen LogP contribution in [0.2, 0.25) is 0 Å². The first kappa shape index (κ1) is 70.8. The van der Waals surface area contributed by atoms with Gasteiger partial charge in [0.2, 0.25) is 0 Å². The standard InChI is InChI=1S/C84H90N8O4Se4/c1-9-17-41-93-65-45-61-62(46-66(65)94-42-18-10-2)78-85-77(61)87-81-69-57(13-5)73(97-49-53-33-25-21-26-34-53)74(98-50-54-35-27-22-28-36-54)58(14-6)70(69)83(91-81)89-79-63-47-67(95-43-19-11-3)68(96-44-20-12-4)48-64(63)80(86-79)90-84-72-60(16-8)76(100-52-56-39-31-24-32-40-56)75(99-51-55-37-29-23-30-38-55)59(15-7)71(72)82(88-78)92-84/h21-40,45-48H,9-20,41-44,49-52H2,1-8H3,(H2,85,86,87,88,89,90,91,92). The minimum absolute atomic E-state index is 0.0655. The van der Waals surface area contributed by atoms with Gasteiger partial charge in [-0.15, -0.1) is 0 Å². The zero-order chi connectivity index (χ0) is 68.9. The predicted molar refractivity (Wildman–Crippen MR) is 417 cm³/mol. The van der Waals surface area contributed by atoms with Gasteiger partial charge in [-0.3, -0.25) is 0 Å². The Bertz CT molecular complexity index is 4260. The second kappa shape index (κ2) is 33.9. The molecule has 0 fully saturated rings. The molecule has 8 aromatic carbocycles. The van der Waals surface area contributed by atoms with Crippen molar-refractivity contribution in [2.24, 2.45) is 0 Å². The van der Waals surface area contributed by atoms with E-state index in [2.05, 4.69) is 211 Å². The zero-order valence-corrected chi connectivity index (χ0v) is 65.8. The fraction of sp³-hybridized carbons (Fsp3) is 0.333. The summed E-state index contributed by atoms with van der Waals surface area (Å²) in [6.07, 6.45) is 10.7. The molecule has 0 radical (unpaired) electrons. The van der Waals surface area contributed by atoms with Gasteiger partial charge in [0.15, 0.2) is 0 Å². The molecule has 11 aromatic rings. The van der Waals surface area contributed by atoms with Gasteiger partial charge in [-0.25, -0.2) is 0 Å². The molecule has 0 saturated heterocycles. The van der Waals surface area contributed by atoms with Gasteiger partial charge in [-0.2, -0.15) is 0 Å². The maximum absolute atomic E-state index is 6.77. The molecule has 3 aromatic heterocycles. The minimum atomic E-state index is 0.0655. The average molecular weight is 1590 g/mol. The summed E-state index contributed by atoms with van der Waals surface area (Å²) in [5.74, 6) is 5.18. The molecule has 12 nitrogen and oxygen atoms in total. The van der Waals surface area contributed by atoms with E-state index in [0.29, 0.717) is 95.3 Å². The molecule has 0 saturated carbocycles.